The van der Waals surface area contributed by atoms with Gasteiger partial charge in [-0.05, 0) is 37.0 Å². The van der Waals surface area contributed by atoms with Gasteiger partial charge in [-0.1, -0.05) is 13.3 Å². The van der Waals surface area contributed by atoms with Crippen LogP contribution < -0.4 is 15.5 Å². The smallest absolute Gasteiger partial charge is 0.414 e. The third kappa shape index (κ3) is 3.27. The maximum absolute atomic E-state index is 14.5. The van der Waals surface area contributed by atoms with Crippen LogP contribution in [-0.2, 0) is 4.74 Å². The number of anilines is 2. The Morgan fingerprint density at radius 1 is 1.35 bits per heavy atom. The van der Waals surface area contributed by atoms with Crippen LogP contribution in [0.5, 0.6) is 0 Å². The number of piperidine rings is 1. The Hall–Kier alpha value is -1.82. The molecule has 126 valence electrons. The van der Waals surface area contributed by atoms with Crippen LogP contribution in [0, 0.1) is 11.7 Å². The number of cyclic esters (lactones) is 1. The van der Waals surface area contributed by atoms with Crippen LogP contribution in [0.3, 0.4) is 0 Å². The molecule has 1 atom stereocenters. The van der Waals surface area contributed by atoms with Crippen LogP contribution in [0.2, 0.25) is 0 Å². The topological polar surface area (TPSA) is 58.8 Å². The number of hydrogen-bond acceptors (Lipinski definition) is 4. The molecule has 6 heteroatoms. The Bertz CT molecular complexity index is 573. The lowest BCUT2D eigenvalue weighted by Gasteiger charge is -2.33. The second kappa shape index (κ2) is 6.74. The number of hydrogen-bond donors (Lipinski definition) is 1. The lowest BCUT2D eigenvalue weighted by atomic mass is 9.94. The molecule has 2 aliphatic rings. The van der Waals surface area contributed by atoms with E-state index in [1.54, 1.807) is 12.1 Å². The number of carbonyl (C=O) groups excluding carboxylic acids is 1. The van der Waals surface area contributed by atoms with E-state index < -0.39 is 6.09 Å². The van der Waals surface area contributed by atoms with Crippen molar-refractivity contribution in [2.75, 3.05) is 36.0 Å². The quantitative estimate of drug-likeness (QED) is 0.926. The van der Waals surface area contributed by atoms with Gasteiger partial charge in [0.15, 0.2) is 0 Å². The molecule has 23 heavy (non-hydrogen) atoms. The van der Waals surface area contributed by atoms with Gasteiger partial charge in [0.25, 0.3) is 0 Å². The summed E-state index contributed by atoms with van der Waals surface area (Å²) in [6.07, 6.45) is 2.62. The molecule has 2 fully saturated rings. The van der Waals surface area contributed by atoms with E-state index in [-0.39, 0.29) is 18.5 Å². The highest BCUT2D eigenvalue weighted by Crippen LogP contribution is 2.30. The minimum atomic E-state index is -0.462. The molecule has 2 N–H and O–H groups in total. The van der Waals surface area contributed by atoms with Crippen molar-refractivity contribution in [1.82, 2.24) is 0 Å². The van der Waals surface area contributed by atoms with Gasteiger partial charge in [-0.3, -0.25) is 4.90 Å². The fraction of sp³-hybridized carbons (Fsp3) is 0.588. The number of nitrogens with zero attached hydrogens (tertiary/aromatic N) is 2. The molecule has 5 nitrogen and oxygen atoms in total. The van der Waals surface area contributed by atoms with E-state index in [4.69, 9.17) is 10.5 Å². The summed E-state index contributed by atoms with van der Waals surface area (Å²) in [7, 11) is 0. The zero-order chi connectivity index (χ0) is 16.4. The van der Waals surface area contributed by atoms with Crippen molar-refractivity contribution < 1.29 is 13.9 Å². The van der Waals surface area contributed by atoms with Crippen molar-refractivity contribution >= 4 is 17.5 Å². The van der Waals surface area contributed by atoms with Crippen molar-refractivity contribution in [1.29, 1.82) is 0 Å². The minimum absolute atomic E-state index is 0.273. The second-order valence-electron chi connectivity index (χ2n) is 6.33. The van der Waals surface area contributed by atoms with E-state index in [1.807, 2.05) is 0 Å². The second-order valence-corrected chi connectivity index (χ2v) is 6.33. The average Bonchev–Trinajstić information content (AvgIpc) is 2.96. The largest absolute Gasteiger partial charge is 0.443 e. The summed E-state index contributed by atoms with van der Waals surface area (Å²) in [6.45, 7) is 4.62. The number of amides is 1. The average molecular weight is 321 g/mol. The lowest BCUT2D eigenvalue weighted by Crippen LogP contribution is -2.34. The number of ether oxygens (including phenoxy) is 1. The zero-order valence-electron chi connectivity index (χ0n) is 13.5. The molecule has 0 unspecified atom stereocenters. The Labute approximate surface area is 136 Å². The highest BCUT2D eigenvalue weighted by Gasteiger charge is 2.32. The van der Waals surface area contributed by atoms with Crippen LogP contribution in [-0.4, -0.2) is 38.4 Å². The first kappa shape index (κ1) is 16.1. The highest BCUT2D eigenvalue weighted by atomic mass is 19.1. The molecule has 1 aromatic carbocycles. The summed E-state index contributed by atoms with van der Waals surface area (Å²) in [5, 5.41) is 0. The summed E-state index contributed by atoms with van der Waals surface area (Å²) in [6, 6.07) is 4.96. The lowest BCUT2D eigenvalue weighted by molar-refractivity contribution is 0.145. The van der Waals surface area contributed by atoms with Gasteiger partial charge < -0.3 is 15.4 Å². The van der Waals surface area contributed by atoms with Crippen molar-refractivity contribution in [3.63, 3.8) is 0 Å². The summed E-state index contributed by atoms with van der Waals surface area (Å²) in [5.74, 6) is 0.461. The van der Waals surface area contributed by atoms with E-state index in [9.17, 15) is 9.18 Å². The number of benzene rings is 1. The summed E-state index contributed by atoms with van der Waals surface area (Å²) in [4.78, 5) is 15.4. The van der Waals surface area contributed by atoms with Crippen molar-refractivity contribution in [3.05, 3.63) is 24.0 Å². The molecule has 3 rings (SSSR count). The third-order valence-electron chi connectivity index (χ3n) is 4.91. The van der Waals surface area contributed by atoms with E-state index in [1.165, 1.54) is 17.4 Å². The number of halogens is 1. The summed E-state index contributed by atoms with van der Waals surface area (Å²) in [5.41, 5.74) is 6.67. The summed E-state index contributed by atoms with van der Waals surface area (Å²) < 4.78 is 19.6. The van der Waals surface area contributed by atoms with Gasteiger partial charge in [0.05, 0.1) is 17.9 Å². The number of carbonyl (C=O) groups is 1. The van der Waals surface area contributed by atoms with E-state index in [0.29, 0.717) is 17.9 Å². The first-order valence-electron chi connectivity index (χ1n) is 8.35. The SMILES string of the molecule is CCC1CCN(c2ccc(N3C[C@H](CN)OC3=O)cc2F)CC1. The van der Waals surface area contributed by atoms with Crippen molar-refractivity contribution in [3.8, 4) is 0 Å². The molecular weight excluding hydrogens is 297 g/mol. The Kier molecular flexibility index (Phi) is 4.71. The van der Waals surface area contributed by atoms with Gasteiger partial charge in [-0.2, -0.15) is 0 Å². The van der Waals surface area contributed by atoms with Gasteiger partial charge in [0.2, 0.25) is 0 Å². The molecule has 2 heterocycles. The van der Waals surface area contributed by atoms with Crippen molar-refractivity contribution in [2.45, 2.75) is 32.3 Å². The van der Waals surface area contributed by atoms with Crippen LogP contribution in [0.4, 0.5) is 20.6 Å². The molecule has 0 aliphatic carbocycles. The highest BCUT2D eigenvalue weighted by molar-refractivity contribution is 5.90. The van der Waals surface area contributed by atoms with Crippen molar-refractivity contribution in [2.24, 2.45) is 11.7 Å². The normalized spacial score (nSPS) is 22.6. The Morgan fingerprint density at radius 3 is 2.65 bits per heavy atom. The molecule has 0 aromatic heterocycles. The molecule has 2 saturated heterocycles. The predicted octanol–water partition coefficient (Wildman–Crippen LogP) is 2.74. The zero-order valence-corrected chi connectivity index (χ0v) is 13.5. The van der Waals surface area contributed by atoms with Crippen LogP contribution in [0.15, 0.2) is 18.2 Å². The molecule has 1 aromatic rings. The number of nitrogens with two attached hydrogens (primary N) is 1. The van der Waals surface area contributed by atoms with Crippen LogP contribution in [0.1, 0.15) is 26.2 Å². The molecule has 1 amide bonds. The van der Waals surface area contributed by atoms with E-state index >= 15 is 0 Å². The first-order chi connectivity index (χ1) is 11.1. The molecule has 0 bridgehead atoms. The van der Waals surface area contributed by atoms with Gasteiger partial charge >= 0.3 is 6.09 Å². The third-order valence-corrected chi connectivity index (χ3v) is 4.91. The fourth-order valence-corrected chi connectivity index (χ4v) is 3.36. The van der Waals surface area contributed by atoms with Gasteiger partial charge in [-0.25, -0.2) is 9.18 Å². The monoisotopic (exact) mass is 321 g/mol. The molecule has 0 spiro atoms. The minimum Gasteiger partial charge on any atom is -0.443 e. The van der Waals surface area contributed by atoms with Gasteiger partial charge in [-0.15, -0.1) is 0 Å². The Morgan fingerprint density at radius 2 is 2.09 bits per heavy atom. The summed E-state index contributed by atoms with van der Waals surface area (Å²) >= 11 is 0. The van der Waals surface area contributed by atoms with Gasteiger partial charge in [0.1, 0.15) is 11.9 Å². The Balaban J connectivity index is 1.73. The predicted molar refractivity (Wildman–Crippen MR) is 88.3 cm³/mol. The maximum Gasteiger partial charge on any atom is 0.414 e. The molecular formula is C17H24FN3O2. The number of rotatable bonds is 4. The van der Waals surface area contributed by atoms with E-state index in [0.717, 1.165) is 31.8 Å². The van der Waals surface area contributed by atoms with Crippen LogP contribution >= 0.6 is 0 Å². The van der Waals surface area contributed by atoms with Crippen LogP contribution in [0.25, 0.3) is 0 Å². The molecule has 0 radical (unpaired) electrons. The maximum atomic E-state index is 14.5. The molecule has 2 aliphatic heterocycles. The van der Waals surface area contributed by atoms with Gasteiger partial charge in [0, 0.05) is 19.6 Å². The van der Waals surface area contributed by atoms with E-state index in [2.05, 4.69) is 11.8 Å². The fourth-order valence-electron chi connectivity index (χ4n) is 3.36. The molecule has 0 saturated carbocycles. The standard InChI is InChI=1S/C17H24FN3O2/c1-2-12-5-7-20(8-6-12)16-4-3-13(9-15(16)18)21-11-14(10-19)23-17(21)22/h3-4,9,12,14H,2,5-8,10-11,19H2,1H3/t14-/m0/s1. The first-order valence-corrected chi connectivity index (χ1v) is 8.35.